The van der Waals surface area contributed by atoms with Crippen molar-refractivity contribution in [1.82, 2.24) is 4.72 Å². The molecule has 1 aliphatic rings. The Kier molecular flexibility index (Phi) is 6.24. The number of hydrogen-bond donors (Lipinski definition) is 2. The van der Waals surface area contributed by atoms with E-state index in [2.05, 4.69) is 16.6 Å². The first kappa shape index (κ1) is 16.5. The number of rotatable bonds is 5. The van der Waals surface area contributed by atoms with E-state index in [0.717, 1.165) is 42.5 Å². The van der Waals surface area contributed by atoms with E-state index in [0.29, 0.717) is 13.0 Å². The molecule has 1 aliphatic carbocycles. The van der Waals surface area contributed by atoms with Crippen molar-refractivity contribution in [3.8, 4) is 11.8 Å². The van der Waals surface area contributed by atoms with E-state index >= 15 is 0 Å². The van der Waals surface area contributed by atoms with Gasteiger partial charge < -0.3 is 5.11 Å². The van der Waals surface area contributed by atoms with Crippen LogP contribution in [0.2, 0.25) is 0 Å². The third-order valence-electron chi connectivity index (χ3n) is 3.63. The molecule has 0 aliphatic heterocycles. The van der Waals surface area contributed by atoms with Gasteiger partial charge in [-0.1, -0.05) is 31.1 Å². The monoisotopic (exact) mass is 327 g/mol. The molecule has 6 heteroatoms. The summed E-state index contributed by atoms with van der Waals surface area (Å²) in [6.07, 6.45) is 5.11. The van der Waals surface area contributed by atoms with Gasteiger partial charge in [0.05, 0.1) is 11.9 Å². The van der Waals surface area contributed by atoms with E-state index in [9.17, 15) is 8.42 Å². The third kappa shape index (κ3) is 4.82. The molecule has 0 bridgehead atoms. The van der Waals surface area contributed by atoms with Gasteiger partial charge in [0.2, 0.25) is 10.0 Å². The molecule has 1 saturated carbocycles. The number of aliphatic hydroxyl groups excluding tert-OH is 1. The summed E-state index contributed by atoms with van der Waals surface area (Å²) >= 11 is 1.50. The number of hydrogen-bond acceptors (Lipinski definition) is 4. The van der Waals surface area contributed by atoms with Crippen LogP contribution in [-0.4, -0.2) is 25.4 Å². The second-order valence-corrected chi connectivity index (χ2v) is 8.21. The summed E-state index contributed by atoms with van der Waals surface area (Å²) in [5.41, 5.74) is 0.847. The molecule has 1 aromatic heterocycles. The Morgan fingerprint density at radius 2 is 2.10 bits per heavy atom. The molecule has 0 spiro atoms. The second kappa shape index (κ2) is 7.95. The number of sulfonamides is 1. The number of nitrogens with one attached hydrogen (secondary N) is 1. The third-order valence-corrected chi connectivity index (χ3v) is 6.45. The maximum absolute atomic E-state index is 12.3. The molecule has 0 aromatic carbocycles. The Labute approximate surface area is 130 Å². The predicted molar refractivity (Wildman–Crippen MR) is 85.5 cm³/mol. The Morgan fingerprint density at radius 1 is 1.33 bits per heavy atom. The molecule has 1 fully saturated rings. The first-order valence-electron chi connectivity index (χ1n) is 7.28. The van der Waals surface area contributed by atoms with Gasteiger partial charge >= 0.3 is 0 Å². The van der Waals surface area contributed by atoms with Crippen LogP contribution in [0.5, 0.6) is 0 Å². The molecule has 2 rings (SSSR count). The van der Waals surface area contributed by atoms with Crippen LogP contribution in [0.1, 0.15) is 49.0 Å². The molecular weight excluding hydrogens is 306 g/mol. The van der Waals surface area contributed by atoms with Gasteiger partial charge in [0.25, 0.3) is 0 Å². The van der Waals surface area contributed by atoms with E-state index in [1.807, 2.05) is 11.4 Å². The molecule has 1 aromatic rings. The first-order valence-corrected chi connectivity index (χ1v) is 9.70. The minimum atomic E-state index is -3.23. The van der Waals surface area contributed by atoms with Gasteiger partial charge in [-0.15, -0.1) is 11.3 Å². The topological polar surface area (TPSA) is 66.4 Å². The van der Waals surface area contributed by atoms with E-state index in [1.165, 1.54) is 11.3 Å². The summed E-state index contributed by atoms with van der Waals surface area (Å²) in [5.74, 6) is 5.84. The largest absolute Gasteiger partial charge is 0.395 e. The average Bonchev–Trinajstić information content (AvgIpc) is 2.94. The molecule has 116 valence electrons. The van der Waals surface area contributed by atoms with Crippen molar-refractivity contribution in [2.45, 2.75) is 50.3 Å². The quantitative estimate of drug-likeness (QED) is 0.815. The number of aliphatic hydroxyl groups is 1. The standard InChI is InChI=1S/C15H21NO3S2/c17-10-5-4-6-13-9-11-20-15(13)12-16-21(18,19)14-7-2-1-3-8-14/h9,11,14,16-17H,1-3,5,7-8,10,12H2. The fourth-order valence-electron chi connectivity index (χ4n) is 2.46. The lowest BCUT2D eigenvalue weighted by Gasteiger charge is -2.21. The van der Waals surface area contributed by atoms with Crippen LogP contribution in [0.15, 0.2) is 11.4 Å². The molecule has 4 nitrogen and oxygen atoms in total. The van der Waals surface area contributed by atoms with Crippen LogP contribution in [0, 0.1) is 11.8 Å². The minimum Gasteiger partial charge on any atom is -0.395 e. The van der Waals surface area contributed by atoms with E-state index < -0.39 is 10.0 Å². The van der Waals surface area contributed by atoms with Crippen LogP contribution in [0.25, 0.3) is 0 Å². The molecule has 21 heavy (non-hydrogen) atoms. The summed E-state index contributed by atoms with van der Waals surface area (Å²) in [7, 11) is -3.23. The van der Waals surface area contributed by atoms with Crippen molar-refractivity contribution in [1.29, 1.82) is 0 Å². The van der Waals surface area contributed by atoms with Crippen LogP contribution in [0.3, 0.4) is 0 Å². The lowest BCUT2D eigenvalue weighted by molar-refractivity contribution is 0.305. The highest BCUT2D eigenvalue weighted by molar-refractivity contribution is 7.90. The molecule has 1 heterocycles. The zero-order valence-electron chi connectivity index (χ0n) is 12.0. The van der Waals surface area contributed by atoms with Gasteiger partial charge in [0, 0.05) is 23.4 Å². The minimum absolute atomic E-state index is 0.0424. The molecule has 0 unspecified atom stereocenters. The average molecular weight is 327 g/mol. The van der Waals surface area contributed by atoms with Crippen molar-refractivity contribution < 1.29 is 13.5 Å². The zero-order chi connectivity index (χ0) is 15.1. The molecule has 0 radical (unpaired) electrons. The highest BCUT2D eigenvalue weighted by Gasteiger charge is 2.26. The van der Waals surface area contributed by atoms with Crippen LogP contribution >= 0.6 is 11.3 Å². The molecular formula is C15H21NO3S2. The van der Waals surface area contributed by atoms with Gasteiger partial charge in [-0.25, -0.2) is 13.1 Å². The summed E-state index contributed by atoms with van der Waals surface area (Å²) in [6.45, 7) is 0.348. The Bertz CT molecular complexity index is 604. The van der Waals surface area contributed by atoms with Gasteiger partial charge in [0.15, 0.2) is 0 Å². The predicted octanol–water partition coefficient (Wildman–Crippen LogP) is 2.23. The van der Waals surface area contributed by atoms with Crippen LogP contribution in [0.4, 0.5) is 0 Å². The SMILES string of the molecule is O=S(=O)(NCc1sccc1C#CCCO)C1CCCCC1. The van der Waals surface area contributed by atoms with Crippen molar-refractivity contribution in [2.75, 3.05) is 6.61 Å². The van der Waals surface area contributed by atoms with Crippen molar-refractivity contribution in [2.24, 2.45) is 0 Å². The van der Waals surface area contributed by atoms with Gasteiger partial charge in [-0.05, 0) is 24.3 Å². The summed E-state index contributed by atoms with van der Waals surface area (Å²) in [4.78, 5) is 0.930. The maximum atomic E-state index is 12.3. The highest BCUT2D eigenvalue weighted by Crippen LogP contribution is 2.24. The summed E-state index contributed by atoms with van der Waals surface area (Å²) < 4.78 is 27.3. The van der Waals surface area contributed by atoms with Gasteiger partial charge in [-0.2, -0.15) is 0 Å². The molecule has 0 amide bonds. The zero-order valence-corrected chi connectivity index (χ0v) is 13.6. The highest BCUT2D eigenvalue weighted by atomic mass is 32.2. The van der Waals surface area contributed by atoms with E-state index in [-0.39, 0.29) is 11.9 Å². The van der Waals surface area contributed by atoms with Crippen LogP contribution < -0.4 is 4.72 Å². The van der Waals surface area contributed by atoms with Crippen molar-refractivity contribution >= 4 is 21.4 Å². The lowest BCUT2D eigenvalue weighted by atomic mass is 10.0. The van der Waals surface area contributed by atoms with E-state index in [4.69, 9.17) is 5.11 Å². The van der Waals surface area contributed by atoms with E-state index in [1.54, 1.807) is 0 Å². The Hall–Kier alpha value is -0.870. The second-order valence-electron chi connectivity index (χ2n) is 5.16. The molecule has 2 N–H and O–H groups in total. The van der Waals surface area contributed by atoms with Crippen LogP contribution in [-0.2, 0) is 16.6 Å². The van der Waals surface area contributed by atoms with Gasteiger partial charge in [0.1, 0.15) is 0 Å². The molecule has 0 atom stereocenters. The lowest BCUT2D eigenvalue weighted by Crippen LogP contribution is -2.35. The number of thiophene rings is 1. The summed E-state index contributed by atoms with van der Waals surface area (Å²) in [5, 5.41) is 10.4. The Morgan fingerprint density at radius 3 is 2.81 bits per heavy atom. The maximum Gasteiger partial charge on any atom is 0.214 e. The normalized spacial score (nSPS) is 16.4. The van der Waals surface area contributed by atoms with Crippen molar-refractivity contribution in [3.05, 3.63) is 21.9 Å². The fourth-order valence-corrected chi connectivity index (χ4v) is 4.86. The first-order chi connectivity index (χ1) is 10.1. The van der Waals surface area contributed by atoms with Gasteiger partial charge in [-0.3, -0.25) is 0 Å². The smallest absolute Gasteiger partial charge is 0.214 e. The summed E-state index contributed by atoms with van der Waals surface area (Å²) in [6, 6.07) is 1.89. The molecule has 0 saturated heterocycles. The van der Waals surface area contributed by atoms with Crippen molar-refractivity contribution in [3.63, 3.8) is 0 Å². The Balaban J connectivity index is 1.97. The fraction of sp³-hybridized carbons (Fsp3) is 0.600.